The molecule has 0 radical (unpaired) electrons. The summed E-state index contributed by atoms with van der Waals surface area (Å²) in [6.07, 6.45) is 1.92. The molecule has 16 heavy (non-hydrogen) atoms. The van der Waals surface area contributed by atoms with Crippen molar-refractivity contribution in [1.82, 2.24) is 10.2 Å². The molecule has 0 aromatic carbocycles. The second-order valence-corrected chi connectivity index (χ2v) is 4.63. The maximum absolute atomic E-state index is 5.49. The van der Waals surface area contributed by atoms with Gasteiger partial charge in [-0.25, -0.2) is 0 Å². The van der Waals surface area contributed by atoms with Crippen LogP contribution in [0.3, 0.4) is 0 Å². The third-order valence-electron chi connectivity index (χ3n) is 2.33. The molecule has 4 nitrogen and oxygen atoms in total. The zero-order valence-electron chi connectivity index (χ0n) is 10.4. The van der Waals surface area contributed by atoms with E-state index in [1.165, 1.54) is 0 Å². The molecule has 90 valence electrons. The summed E-state index contributed by atoms with van der Waals surface area (Å²) in [4.78, 5) is 0. The molecule has 1 unspecified atom stereocenters. The van der Waals surface area contributed by atoms with Gasteiger partial charge in [-0.15, -0.1) is 5.10 Å². The van der Waals surface area contributed by atoms with Gasteiger partial charge in [0.2, 0.25) is 0 Å². The van der Waals surface area contributed by atoms with Crippen LogP contribution in [0.5, 0.6) is 0 Å². The fraction of sp³-hybridized carbons (Fsp3) is 0.667. The number of nitrogens with one attached hydrogen (secondary N) is 1. The van der Waals surface area contributed by atoms with E-state index in [4.69, 9.17) is 5.73 Å². The molecule has 3 N–H and O–H groups in total. The number of rotatable bonds is 6. The fourth-order valence-electron chi connectivity index (χ4n) is 1.54. The van der Waals surface area contributed by atoms with Crippen molar-refractivity contribution in [3.05, 3.63) is 17.8 Å². The highest BCUT2D eigenvalue weighted by atomic mass is 15.2. The standard InChI is InChI=1S/C12H22N4/c1-9(2)8-11-4-5-12(16-15-11)14-10(3)6-7-13/h4-5,9-10H,6-8,13H2,1-3H3,(H,14,16). The molecule has 1 heterocycles. The fourth-order valence-corrected chi connectivity index (χ4v) is 1.54. The molecule has 0 saturated carbocycles. The van der Waals surface area contributed by atoms with Gasteiger partial charge in [0.25, 0.3) is 0 Å². The van der Waals surface area contributed by atoms with Gasteiger partial charge < -0.3 is 11.1 Å². The largest absolute Gasteiger partial charge is 0.366 e. The highest BCUT2D eigenvalue weighted by Crippen LogP contribution is 2.08. The molecule has 1 rings (SSSR count). The molecule has 0 aliphatic heterocycles. The number of anilines is 1. The Labute approximate surface area is 97.6 Å². The molecule has 0 saturated heterocycles. The van der Waals surface area contributed by atoms with Gasteiger partial charge in [-0.05, 0) is 44.4 Å². The molecule has 1 aromatic rings. The van der Waals surface area contributed by atoms with Gasteiger partial charge in [-0.3, -0.25) is 0 Å². The first kappa shape index (κ1) is 12.9. The summed E-state index contributed by atoms with van der Waals surface area (Å²) in [7, 11) is 0. The summed E-state index contributed by atoms with van der Waals surface area (Å²) in [5.74, 6) is 1.44. The molecular formula is C12H22N4. The summed E-state index contributed by atoms with van der Waals surface area (Å²) in [5.41, 5.74) is 6.53. The van der Waals surface area contributed by atoms with Crippen molar-refractivity contribution in [2.75, 3.05) is 11.9 Å². The van der Waals surface area contributed by atoms with Crippen molar-refractivity contribution in [3.8, 4) is 0 Å². The maximum atomic E-state index is 5.49. The Kier molecular flexibility index (Phi) is 5.19. The van der Waals surface area contributed by atoms with Gasteiger partial charge >= 0.3 is 0 Å². The predicted molar refractivity (Wildman–Crippen MR) is 67.3 cm³/mol. The Morgan fingerprint density at radius 3 is 2.50 bits per heavy atom. The molecular weight excluding hydrogens is 200 g/mol. The van der Waals surface area contributed by atoms with Crippen LogP contribution in [0.25, 0.3) is 0 Å². The molecule has 0 amide bonds. The van der Waals surface area contributed by atoms with Crippen LogP contribution in [0.2, 0.25) is 0 Å². The van der Waals surface area contributed by atoms with Crippen LogP contribution in [-0.2, 0) is 6.42 Å². The maximum Gasteiger partial charge on any atom is 0.148 e. The van der Waals surface area contributed by atoms with Gasteiger partial charge in [0.05, 0.1) is 5.69 Å². The monoisotopic (exact) mass is 222 g/mol. The lowest BCUT2D eigenvalue weighted by molar-refractivity contribution is 0.627. The lowest BCUT2D eigenvalue weighted by atomic mass is 10.1. The molecule has 1 atom stereocenters. The van der Waals surface area contributed by atoms with Gasteiger partial charge in [0, 0.05) is 6.04 Å². The van der Waals surface area contributed by atoms with Gasteiger partial charge in [0.15, 0.2) is 0 Å². The van der Waals surface area contributed by atoms with E-state index in [-0.39, 0.29) is 0 Å². The first-order valence-electron chi connectivity index (χ1n) is 5.91. The number of nitrogens with zero attached hydrogens (tertiary/aromatic N) is 2. The van der Waals surface area contributed by atoms with Crippen LogP contribution in [0.1, 0.15) is 32.9 Å². The average molecular weight is 222 g/mol. The Bertz CT molecular complexity index is 294. The van der Waals surface area contributed by atoms with Crippen molar-refractivity contribution in [1.29, 1.82) is 0 Å². The summed E-state index contributed by atoms with van der Waals surface area (Å²) >= 11 is 0. The van der Waals surface area contributed by atoms with E-state index in [1.54, 1.807) is 0 Å². The Morgan fingerprint density at radius 2 is 2.00 bits per heavy atom. The number of nitrogens with two attached hydrogens (primary N) is 1. The molecule has 4 heteroatoms. The normalized spacial score (nSPS) is 12.8. The second-order valence-electron chi connectivity index (χ2n) is 4.63. The van der Waals surface area contributed by atoms with E-state index in [2.05, 4.69) is 36.3 Å². The third kappa shape index (κ3) is 4.57. The van der Waals surface area contributed by atoms with Gasteiger partial charge in [0.1, 0.15) is 5.82 Å². The van der Waals surface area contributed by atoms with Crippen LogP contribution < -0.4 is 11.1 Å². The topological polar surface area (TPSA) is 63.8 Å². The van der Waals surface area contributed by atoms with E-state index >= 15 is 0 Å². The van der Waals surface area contributed by atoms with Crippen molar-refractivity contribution in [2.45, 2.75) is 39.7 Å². The van der Waals surface area contributed by atoms with Gasteiger partial charge in [-0.2, -0.15) is 5.10 Å². The number of hydrogen-bond donors (Lipinski definition) is 2. The first-order chi connectivity index (χ1) is 7.61. The second kappa shape index (κ2) is 6.43. The number of aromatic nitrogens is 2. The quantitative estimate of drug-likeness (QED) is 0.770. The Morgan fingerprint density at radius 1 is 1.25 bits per heavy atom. The third-order valence-corrected chi connectivity index (χ3v) is 2.33. The zero-order chi connectivity index (χ0) is 12.0. The Balaban J connectivity index is 2.50. The summed E-state index contributed by atoms with van der Waals surface area (Å²) in [6.45, 7) is 7.14. The molecule has 1 aromatic heterocycles. The SMILES string of the molecule is CC(C)Cc1ccc(NC(C)CCN)nn1. The minimum atomic E-state index is 0.343. The average Bonchev–Trinajstić information content (AvgIpc) is 2.20. The molecule has 0 bridgehead atoms. The molecule has 0 aliphatic carbocycles. The van der Waals surface area contributed by atoms with E-state index < -0.39 is 0 Å². The summed E-state index contributed by atoms with van der Waals surface area (Å²) in [5, 5.41) is 11.6. The molecule has 0 aliphatic rings. The zero-order valence-corrected chi connectivity index (χ0v) is 10.4. The predicted octanol–water partition coefficient (Wildman–Crippen LogP) is 1.82. The van der Waals surface area contributed by atoms with Gasteiger partial charge in [-0.1, -0.05) is 13.8 Å². The van der Waals surface area contributed by atoms with Crippen molar-refractivity contribution < 1.29 is 0 Å². The van der Waals surface area contributed by atoms with Crippen LogP contribution in [0, 0.1) is 5.92 Å². The minimum absolute atomic E-state index is 0.343. The first-order valence-corrected chi connectivity index (χ1v) is 5.91. The highest BCUT2D eigenvalue weighted by Gasteiger charge is 2.03. The van der Waals surface area contributed by atoms with E-state index in [0.717, 1.165) is 24.4 Å². The summed E-state index contributed by atoms with van der Waals surface area (Å²) < 4.78 is 0. The van der Waals surface area contributed by atoms with E-state index in [0.29, 0.717) is 18.5 Å². The lowest BCUT2D eigenvalue weighted by Crippen LogP contribution is -2.20. The highest BCUT2D eigenvalue weighted by molar-refractivity contribution is 5.33. The van der Waals surface area contributed by atoms with Crippen LogP contribution in [-0.4, -0.2) is 22.8 Å². The molecule has 0 fully saturated rings. The van der Waals surface area contributed by atoms with E-state index in [9.17, 15) is 0 Å². The molecule has 0 spiro atoms. The van der Waals surface area contributed by atoms with Crippen molar-refractivity contribution in [3.63, 3.8) is 0 Å². The van der Waals surface area contributed by atoms with Crippen LogP contribution in [0.15, 0.2) is 12.1 Å². The van der Waals surface area contributed by atoms with Crippen LogP contribution in [0.4, 0.5) is 5.82 Å². The number of hydrogen-bond acceptors (Lipinski definition) is 4. The summed E-state index contributed by atoms with van der Waals surface area (Å²) in [6, 6.07) is 4.36. The van der Waals surface area contributed by atoms with Crippen LogP contribution >= 0.6 is 0 Å². The van der Waals surface area contributed by atoms with Crippen molar-refractivity contribution in [2.24, 2.45) is 11.7 Å². The minimum Gasteiger partial charge on any atom is -0.366 e. The van der Waals surface area contributed by atoms with E-state index in [1.807, 2.05) is 12.1 Å². The van der Waals surface area contributed by atoms with Crippen molar-refractivity contribution >= 4 is 5.82 Å². The smallest absolute Gasteiger partial charge is 0.148 e. The lowest BCUT2D eigenvalue weighted by Gasteiger charge is -2.12. The Hall–Kier alpha value is -1.16.